The number of guanidine groups is 1. The SMILES string of the molecule is CCNC(=NCC(C)(O)c1ccc(C)o1)NCCCOCC(C)C. The summed E-state index contributed by atoms with van der Waals surface area (Å²) in [5.74, 6) is 2.55. The number of rotatable bonds is 10. The number of aliphatic hydroxyl groups is 1. The van der Waals surface area contributed by atoms with Crippen LogP contribution in [0.15, 0.2) is 21.5 Å². The van der Waals surface area contributed by atoms with Crippen molar-refractivity contribution in [1.82, 2.24) is 10.6 Å². The number of aryl methyl sites for hydroxylation is 1. The van der Waals surface area contributed by atoms with Crippen LogP contribution >= 0.6 is 0 Å². The maximum Gasteiger partial charge on any atom is 0.191 e. The number of ether oxygens (including phenoxy) is 1. The Kier molecular flexibility index (Phi) is 8.85. The van der Waals surface area contributed by atoms with E-state index in [1.54, 1.807) is 13.0 Å². The van der Waals surface area contributed by atoms with Crippen LogP contribution < -0.4 is 10.6 Å². The van der Waals surface area contributed by atoms with Crippen molar-refractivity contribution in [1.29, 1.82) is 0 Å². The molecule has 0 radical (unpaired) electrons. The lowest BCUT2D eigenvalue weighted by molar-refractivity contribution is 0.0428. The van der Waals surface area contributed by atoms with Gasteiger partial charge in [0.25, 0.3) is 0 Å². The third-order valence-corrected chi connectivity index (χ3v) is 3.37. The van der Waals surface area contributed by atoms with Crippen molar-refractivity contribution in [3.63, 3.8) is 0 Å². The lowest BCUT2D eigenvalue weighted by Crippen LogP contribution is -2.39. The fourth-order valence-electron chi connectivity index (χ4n) is 2.08. The topological polar surface area (TPSA) is 79.0 Å². The zero-order valence-corrected chi connectivity index (χ0v) is 15.7. The number of furan rings is 1. The summed E-state index contributed by atoms with van der Waals surface area (Å²) >= 11 is 0. The highest BCUT2D eigenvalue weighted by molar-refractivity contribution is 5.79. The molecule has 0 aliphatic rings. The van der Waals surface area contributed by atoms with Gasteiger partial charge in [0.05, 0.1) is 6.54 Å². The third kappa shape index (κ3) is 7.84. The highest BCUT2D eigenvalue weighted by Crippen LogP contribution is 2.22. The second-order valence-corrected chi connectivity index (χ2v) is 6.63. The summed E-state index contributed by atoms with van der Waals surface area (Å²) in [6.45, 7) is 13.1. The van der Waals surface area contributed by atoms with Gasteiger partial charge in [-0.2, -0.15) is 0 Å². The Morgan fingerprint density at radius 2 is 2.12 bits per heavy atom. The monoisotopic (exact) mass is 339 g/mol. The summed E-state index contributed by atoms with van der Waals surface area (Å²) < 4.78 is 11.1. The van der Waals surface area contributed by atoms with Gasteiger partial charge in [-0.1, -0.05) is 13.8 Å². The van der Waals surface area contributed by atoms with Gasteiger partial charge < -0.3 is 24.9 Å². The van der Waals surface area contributed by atoms with E-state index < -0.39 is 5.60 Å². The molecule has 0 fully saturated rings. The molecule has 1 unspecified atom stereocenters. The van der Waals surface area contributed by atoms with E-state index in [-0.39, 0.29) is 6.54 Å². The van der Waals surface area contributed by atoms with Crippen LogP contribution in [0.1, 0.15) is 45.6 Å². The Hall–Kier alpha value is -1.53. The van der Waals surface area contributed by atoms with Crippen molar-refractivity contribution in [3.8, 4) is 0 Å². The predicted molar refractivity (Wildman–Crippen MR) is 97.3 cm³/mol. The summed E-state index contributed by atoms with van der Waals surface area (Å²) in [6, 6.07) is 3.63. The predicted octanol–water partition coefficient (Wildman–Crippen LogP) is 2.41. The minimum absolute atomic E-state index is 0.221. The first-order valence-corrected chi connectivity index (χ1v) is 8.74. The van der Waals surface area contributed by atoms with Crippen molar-refractivity contribution in [3.05, 3.63) is 23.7 Å². The summed E-state index contributed by atoms with van der Waals surface area (Å²) in [7, 11) is 0. The van der Waals surface area contributed by atoms with Crippen LogP contribution in [-0.2, 0) is 10.3 Å². The molecule has 1 heterocycles. The van der Waals surface area contributed by atoms with Crippen LogP contribution in [0.25, 0.3) is 0 Å². The summed E-state index contributed by atoms with van der Waals surface area (Å²) in [4.78, 5) is 4.46. The van der Waals surface area contributed by atoms with Crippen molar-refractivity contribution in [2.24, 2.45) is 10.9 Å². The fraction of sp³-hybridized carbons (Fsp3) is 0.722. The molecule has 1 rings (SSSR count). The number of hydrogen-bond donors (Lipinski definition) is 3. The van der Waals surface area contributed by atoms with Crippen molar-refractivity contribution >= 4 is 5.96 Å². The molecular weight excluding hydrogens is 306 g/mol. The molecule has 1 atom stereocenters. The molecule has 6 heteroatoms. The third-order valence-electron chi connectivity index (χ3n) is 3.37. The zero-order valence-electron chi connectivity index (χ0n) is 15.7. The van der Waals surface area contributed by atoms with Gasteiger partial charge in [-0.25, -0.2) is 4.99 Å². The summed E-state index contributed by atoms with van der Waals surface area (Å²) in [6.07, 6.45) is 0.908. The molecular formula is C18H33N3O3. The number of aliphatic imine (C=N–C) groups is 1. The van der Waals surface area contributed by atoms with E-state index in [1.807, 2.05) is 19.9 Å². The Morgan fingerprint density at radius 3 is 2.71 bits per heavy atom. The van der Waals surface area contributed by atoms with E-state index >= 15 is 0 Å². The van der Waals surface area contributed by atoms with Gasteiger partial charge in [-0.3, -0.25) is 0 Å². The number of nitrogens with one attached hydrogen (secondary N) is 2. The lowest BCUT2D eigenvalue weighted by Gasteiger charge is -2.19. The second kappa shape index (κ2) is 10.4. The molecule has 0 saturated heterocycles. The maximum absolute atomic E-state index is 10.5. The van der Waals surface area contributed by atoms with Gasteiger partial charge in [-0.15, -0.1) is 0 Å². The first-order chi connectivity index (χ1) is 11.3. The van der Waals surface area contributed by atoms with E-state index in [0.29, 0.717) is 17.6 Å². The Morgan fingerprint density at radius 1 is 1.38 bits per heavy atom. The van der Waals surface area contributed by atoms with Crippen LogP contribution in [0.2, 0.25) is 0 Å². The van der Waals surface area contributed by atoms with Crippen molar-refractivity contribution in [2.75, 3.05) is 32.8 Å². The minimum Gasteiger partial charge on any atom is -0.463 e. The van der Waals surface area contributed by atoms with Gasteiger partial charge >= 0.3 is 0 Å². The van der Waals surface area contributed by atoms with Crippen molar-refractivity contribution < 1.29 is 14.3 Å². The van der Waals surface area contributed by atoms with Crippen LogP contribution in [0, 0.1) is 12.8 Å². The first kappa shape index (κ1) is 20.5. The van der Waals surface area contributed by atoms with E-state index in [9.17, 15) is 5.11 Å². The second-order valence-electron chi connectivity index (χ2n) is 6.63. The van der Waals surface area contributed by atoms with E-state index in [4.69, 9.17) is 9.15 Å². The minimum atomic E-state index is -1.13. The van der Waals surface area contributed by atoms with Crippen LogP contribution in [0.3, 0.4) is 0 Å². The molecule has 1 aromatic heterocycles. The molecule has 138 valence electrons. The maximum atomic E-state index is 10.5. The van der Waals surface area contributed by atoms with E-state index in [0.717, 1.165) is 38.5 Å². The van der Waals surface area contributed by atoms with Crippen LogP contribution in [-0.4, -0.2) is 43.9 Å². The molecule has 0 aliphatic carbocycles. The first-order valence-electron chi connectivity index (χ1n) is 8.74. The summed E-state index contributed by atoms with van der Waals surface area (Å²) in [5, 5.41) is 17.0. The average molecular weight is 339 g/mol. The normalized spacial score (nSPS) is 14.7. The smallest absolute Gasteiger partial charge is 0.191 e. The molecule has 0 spiro atoms. The van der Waals surface area contributed by atoms with Gasteiger partial charge in [0.2, 0.25) is 0 Å². The van der Waals surface area contributed by atoms with Crippen LogP contribution in [0.4, 0.5) is 0 Å². The molecule has 0 saturated carbocycles. The zero-order chi connectivity index (χ0) is 18.0. The largest absolute Gasteiger partial charge is 0.463 e. The molecule has 24 heavy (non-hydrogen) atoms. The van der Waals surface area contributed by atoms with Gasteiger partial charge in [0.1, 0.15) is 17.1 Å². The van der Waals surface area contributed by atoms with E-state index in [2.05, 4.69) is 29.5 Å². The van der Waals surface area contributed by atoms with Crippen molar-refractivity contribution in [2.45, 2.75) is 46.6 Å². The van der Waals surface area contributed by atoms with E-state index in [1.165, 1.54) is 0 Å². The number of nitrogens with zero attached hydrogens (tertiary/aromatic N) is 1. The quantitative estimate of drug-likeness (QED) is 0.347. The highest BCUT2D eigenvalue weighted by Gasteiger charge is 2.26. The molecule has 0 amide bonds. The molecule has 6 nitrogen and oxygen atoms in total. The molecule has 0 bridgehead atoms. The van der Waals surface area contributed by atoms with Gasteiger partial charge in [-0.05, 0) is 45.2 Å². The summed E-state index contributed by atoms with van der Waals surface area (Å²) in [5.41, 5.74) is -1.13. The number of hydrogen-bond acceptors (Lipinski definition) is 4. The molecule has 0 aromatic carbocycles. The highest BCUT2D eigenvalue weighted by atomic mass is 16.5. The molecule has 0 aliphatic heterocycles. The molecule has 1 aromatic rings. The average Bonchev–Trinajstić information content (AvgIpc) is 2.95. The Balaban J connectivity index is 2.44. The van der Waals surface area contributed by atoms with Gasteiger partial charge in [0.15, 0.2) is 5.96 Å². The Bertz CT molecular complexity index is 495. The van der Waals surface area contributed by atoms with Crippen LogP contribution in [0.5, 0.6) is 0 Å². The molecule has 3 N–H and O–H groups in total. The fourth-order valence-corrected chi connectivity index (χ4v) is 2.08. The standard InChI is InChI=1S/C18H33N3O3/c1-6-19-17(20-10-7-11-23-12-14(2)3)21-13-18(5,22)16-9-8-15(4)24-16/h8-9,14,22H,6-7,10-13H2,1-5H3,(H2,19,20,21). The Labute approximate surface area is 145 Å². The van der Waals surface area contributed by atoms with Gasteiger partial charge in [0, 0.05) is 26.3 Å². The lowest BCUT2D eigenvalue weighted by atomic mass is 10.0.